The lowest BCUT2D eigenvalue weighted by Crippen LogP contribution is -2.38. The molecule has 0 aliphatic rings. The van der Waals surface area contributed by atoms with Gasteiger partial charge in [-0.2, -0.15) is 13.2 Å². The molecule has 0 unspecified atom stereocenters. The van der Waals surface area contributed by atoms with Gasteiger partial charge in [0, 0.05) is 6.54 Å². The Bertz CT molecular complexity index is 559. The van der Waals surface area contributed by atoms with E-state index < -0.39 is 22.1 Å². The van der Waals surface area contributed by atoms with Crippen molar-refractivity contribution >= 4 is 10.0 Å². The van der Waals surface area contributed by atoms with E-state index >= 15 is 0 Å². The van der Waals surface area contributed by atoms with Gasteiger partial charge in [-0.3, -0.25) is 0 Å². The molecule has 0 aliphatic heterocycles. The summed E-state index contributed by atoms with van der Waals surface area (Å²) in [7, 11) is -5.31. The number of alkyl halides is 3. The number of aryl methyl sites for hydroxylation is 3. The molecule has 0 saturated carbocycles. The average Bonchev–Trinajstić information content (AvgIpc) is 2.24. The lowest BCUT2D eigenvalue weighted by molar-refractivity contribution is -0.0448. The van der Waals surface area contributed by atoms with Crippen molar-refractivity contribution in [3.05, 3.63) is 28.8 Å². The fourth-order valence-electron chi connectivity index (χ4n) is 1.81. The molecule has 0 amide bonds. The van der Waals surface area contributed by atoms with Crippen LogP contribution in [0.25, 0.3) is 0 Å². The second kappa shape index (κ2) is 6.01. The van der Waals surface area contributed by atoms with Gasteiger partial charge < -0.3 is 4.74 Å². The molecular weight excluding hydrogens is 295 g/mol. The molecule has 0 aromatic heterocycles. The number of hydrogen-bond donors (Lipinski definition) is 1. The number of rotatable bonds is 5. The molecule has 0 fully saturated rings. The third kappa shape index (κ3) is 4.11. The van der Waals surface area contributed by atoms with Crippen LogP contribution in [0.2, 0.25) is 0 Å². The number of ether oxygens (including phenoxy) is 1. The zero-order valence-electron chi connectivity index (χ0n) is 11.3. The SMILES string of the molecule is Cc1cc(C)c(OCCNS(=O)(=O)C(F)(F)F)c(C)c1. The Morgan fingerprint density at radius 2 is 1.65 bits per heavy atom. The molecule has 20 heavy (non-hydrogen) atoms. The third-order valence-electron chi connectivity index (χ3n) is 2.55. The predicted molar refractivity (Wildman–Crippen MR) is 69.1 cm³/mol. The maximum Gasteiger partial charge on any atom is 0.511 e. The van der Waals surface area contributed by atoms with Gasteiger partial charge in [-0.25, -0.2) is 13.1 Å². The molecule has 0 saturated heterocycles. The largest absolute Gasteiger partial charge is 0.511 e. The minimum atomic E-state index is -5.31. The van der Waals surface area contributed by atoms with Crippen molar-refractivity contribution in [2.45, 2.75) is 26.3 Å². The van der Waals surface area contributed by atoms with Gasteiger partial charge in [0.05, 0.1) is 0 Å². The van der Waals surface area contributed by atoms with Crippen LogP contribution in [-0.4, -0.2) is 27.1 Å². The fourth-order valence-corrected chi connectivity index (χ4v) is 2.32. The van der Waals surface area contributed by atoms with E-state index in [-0.39, 0.29) is 6.61 Å². The van der Waals surface area contributed by atoms with Gasteiger partial charge in [-0.05, 0) is 31.9 Å². The first-order valence-corrected chi connectivity index (χ1v) is 7.29. The van der Waals surface area contributed by atoms with E-state index in [1.807, 2.05) is 32.9 Å². The first-order valence-electron chi connectivity index (χ1n) is 5.81. The Balaban J connectivity index is 2.59. The van der Waals surface area contributed by atoms with E-state index in [9.17, 15) is 21.6 Å². The highest BCUT2D eigenvalue weighted by atomic mass is 32.2. The number of sulfonamides is 1. The molecule has 1 aromatic rings. The summed E-state index contributed by atoms with van der Waals surface area (Å²) >= 11 is 0. The monoisotopic (exact) mass is 311 g/mol. The molecule has 0 atom stereocenters. The highest BCUT2D eigenvalue weighted by molar-refractivity contribution is 7.90. The highest BCUT2D eigenvalue weighted by Crippen LogP contribution is 2.24. The maximum atomic E-state index is 12.1. The molecule has 114 valence electrons. The van der Waals surface area contributed by atoms with Crippen molar-refractivity contribution in [3.63, 3.8) is 0 Å². The Labute approximate surface area is 116 Å². The van der Waals surface area contributed by atoms with Crippen LogP contribution in [0.3, 0.4) is 0 Å². The van der Waals surface area contributed by atoms with Crippen LogP contribution in [0.1, 0.15) is 16.7 Å². The summed E-state index contributed by atoms with van der Waals surface area (Å²) in [6.45, 7) is 4.92. The van der Waals surface area contributed by atoms with Crippen molar-refractivity contribution < 1.29 is 26.3 Å². The Hall–Kier alpha value is -1.28. The summed E-state index contributed by atoms with van der Waals surface area (Å²) in [4.78, 5) is 0. The summed E-state index contributed by atoms with van der Waals surface area (Å²) in [6.07, 6.45) is 0. The van der Waals surface area contributed by atoms with Gasteiger partial charge in [-0.1, -0.05) is 17.7 Å². The summed E-state index contributed by atoms with van der Waals surface area (Å²) in [6, 6.07) is 3.75. The first-order chi connectivity index (χ1) is 9.04. The molecule has 0 bridgehead atoms. The topological polar surface area (TPSA) is 55.4 Å². The lowest BCUT2D eigenvalue weighted by Gasteiger charge is -2.14. The molecule has 0 radical (unpaired) electrons. The van der Waals surface area contributed by atoms with Crippen molar-refractivity contribution in [1.82, 2.24) is 4.72 Å². The van der Waals surface area contributed by atoms with Crippen molar-refractivity contribution in [2.24, 2.45) is 0 Å². The Morgan fingerprint density at radius 3 is 2.10 bits per heavy atom. The molecule has 1 N–H and O–H groups in total. The van der Waals surface area contributed by atoms with Gasteiger partial charge in [-0.15, -0.1) is 0 Å². The van der Waals surface area contributed by atoms with E-state index in [0.717, 1.165) is 16.7 Å². The van der Waals surface area contributed by atoms with Crippen LogP contribution in [-0.2, 0) is 10.0 Å². The number of hydrogen-bond acceptors (Lipinski definition) is 3. The van der Waals surface area contributed by atoms with E-state index in [0.29, 0.717) is 5.75 Å². The van der Waals surface area contributed by atoms with Gasteiger partial charge in [0.2, 0.25) is 0 Å². The normalized spacial score (nSPS) is 12.5. The minimum absolute atomic E-state index is 0.181. The molecule has 1 rings (SSSR count). The number of benzene rings is 1. The van der Waals surface area contributed by atoms with Gasteiger partial charge in [0.25, 0.3) is 0 Å². The first kappa shape index (κ1) is 16.8. The Kier molecular flexibility index (Phi) is 5.04. The van der Waals surface area contributed by atoms with Gasteiger partial charge >= 0.3 is 15.5 Å². The van der Waals surface area contributed by atoms with Crippen molar-refractivity contribution in [3.8, 4) is 5.75 Å². The lowest BCUT2D eigenvalue weighted by atomic mass is 10.1. The van der Waals surface area contributed by atoms with Gasteiger partial charge in [0.1, 0.15) is 12.4 Å². The van der Waals surface area contributed by atoms with E-state index in [4.69, 9.17) is 4.74 Å². The standard InChI is InChI=1S/C12H16F3NO3S/c1-8-6-9(2)11(10(3)7-8)19-5-4-16-20(17,18)12(13,14)15/h6-7,16H,4-5H2,1-3H3. The smallest absolute Gasteiger partial charge is 0.492 e. The molecule has 0 aliphatic carbocycles. The van der Waals surface area contributed by atoms with E-state index in [1.165, 1.54) is 4.72 Å². The summed E-state index contributed by atoms with van der Waals surface area (Å²) in [5.74, 6) is 0.557. The maximum absolute atomic E-state index is 12.1. The van der Waals surface area contributed by atoms with E-state index in [1.54, 1.807) is 0 Å². The van der Waals surface area contributed by atoms with Crippen LogP contribution in [0.15, 0.2) is 12.1 Å². The summed E-state index contributed by atoms with van der Waals surface area (Å²) < 4.78 is 64.5. The van der Waals surface area contributed by atoms with Crippen LogP contribution >= 0.6 is 0 Å². The molecule has 8 heteroatoms. The second-order valence-corrected chi connectivity index (χ2v) is 6.18. The van der Waals surface area contributed by atoms with E-state index in [2.05, 4.69) is 0 Å². The summed E-state index contributed by atoms with van der Waals surface area (Å²) in [5.41, 5.74) is -2.56. The summed E-state index contributed by atoms with van der Waals surface area (Å²) in [5, 5.41) is 0. The van der Waals surface area contributed by atoms with Gasteiger partial charge in [0.15, 0.2) is 0 Å². The molecular formula is C12H16F3NO3S. The number of halogens is 3. The van der Waals surface area contributed by atoms with Crippen LogP contribution in [0, 0.1) is 20.8 Å². The van der Waals surface area contributed by atoms with Crippen LogP contribution < -0.4 is 9.46 Å². The highest BCUT2D eigenvalue weighted by Gasteiger charge is 2.45. The zero-order chi connectivity index (χ0) is 15.6. The minimum Gasteiger partial charge on any atom is -0.492 e. The fraction of sp³-hybridized carbons (Fsp3) is 0.500. The van der Waals surface area contributed by atoms with Crippen LogP contribution in [0.5, 0.6) is 5.75 Å². The molecule has 1 aromatic carbocycles. The van der Waals surface area contributed by atoms with Crippen LogP contribution in [0.4, 0.5) is 13.2 Å². The predicted octanol–water partition coefficient (Wildman–Crippen LogP) is 2.43. The second-order valence-electron chi connectivity index (χ2n) is 4.42. The van der Waals surface area contributed by atoms with Crippen molar-refractivity contribution in [1.29, 1.82) is 0 Å². The average molecular weight is 311 g/mol. The quantitative estimate of drug-likeness (QED) is 0.850. The number of nitrogens with one attached hydrogen (secondary N) is 1. The Morgan fingerprint density at radius 1 is 1.15 bits per heavy atom. The molecule has 0 spiro atoms. The van der Waals surface area contributed by atoms with Crippen molar-refractivity contribution in [2.75, 3.05) is 13.2 Å². The zero-order valence-corrected chi connectivity index (χ0v) is 12.2. The third-order valence-corrected chi connectivity index (χ3v) is 3.74. The molecule has 0 heterocycles. The molecule has 4 nitrogen and oxygen atoms in total.